The average molecular weight is 321 g/mol. The standard InChI is InChI=1S/C14H16N2OS2Si/c1-16(4-5-17)12-7-11-14(19-12)13-10(20(11,2)3)6-9(8-15)18-13/h6-7,17H,4-5H2,1-3H3. The number of rotatable bonds is 3. The zero-order valence-electron chi connectivity index (χ0n) is 11.7. The maximum Gasteiger partial charge on any atom is 0.116 e. The fraction of sp³-hybridized carbons (Fsp3) is 0.357. The molecule has 0 amide bonds. The first kappa shape index (κ1) is 13.8. The van der Waals surface area contributed by atoms with Gasteiger partial charge in [0, 0.05) is 23.3 Å². The highest BCUT2D eigenvalue weighted by molar-refractivity contribution is 7.30. The van der Waals surface area contributed by atoms with Crippen molar-refractivity contribution in [3.63, 3.8) is 0 Å². The number of aliphatic hydroxyl groups excluding tert-OH is 1. The first-order valence-corrected chi connectivity index (χ1v) is 11.1. The second-order valence-corrected chi connectivity index (χ2v) is 12.0. The second-order valence-electron chi connectivity index (χ2n) is 5.56. The molecule has 2 aromatic rings. The van der Waals surface area contributed by atoms with Crippen molar-refractivity contribution in [1.82, 2.24) is 0 Å². The Kier molecular flexibility index (Phi) is 3.25. The van der Waals surface area contributed by atoms with Gasteiger partial charge in [0.15, 0.2) is 0 Å². The van der Waals surface area contributed by atoms with E-state index in [2.05, 4.69) is 36.2 Å². The van der Waals surface area contributed by atoms with Gasteiger partial charge in [0.2, 0.25) is 0 Å². The summed E-state index contributed by atoms with van der Waals surface area (Å²) in [5.74, 6) is 0. The van der Waals surface area contributed by atoms with Gasteiger partial charge in [-0.05, 0) is 22.5 Å². The molecule has 3 nitrogen and oxygen atoms in total. The summed E-state index contributed by atoms with van der Waals surface area (Å²) in [6.45, 7) is 5.53. The van der Waals surface area contributed by atoms with Crippen LogP contribution in [0.2, 0.25) is 13.1 Å². The average Bonchev–Trinajstić information content (AvgIpc) is 3.06. The van der Waals surface area contributed by atoms with Gasteiger partial charge >= 0.3 is 0 Å². The molecule has 3 rings (SSSR count). The fourth-order valence-electron chi connectivity index (χ4n) is 2.68. The zero-order chi connectivity index (χ0) is 14.5. The van der Waals surface area contributed by atoms with E-state index in [1.807, 2.05) is 7.05 Å². The summed E-state index contributed by atoms with van der Waals surface area (Å²) in [6, 6.07) is 6.66. The number of hydrogen-bond donors (Lipinski definition) is 1. The quantitative estimate of drug-likeness (QED) is 0.879. The minimum Gasteiger partial charge on any atom is -0.395 e. The molecule has 0 atom stereocenters. The molecule has 0 saturated carbocycles. The number of nitrogens with zero attached hydrogens (tertiary/aromatic N) is 2. The number of aliphatic hydroxyl groups is 1. The van der Waals surface area contributed by atoms with Crippen molar-refractivity contribution < 1.29 is 5.11 Å². The summed E-state index contributed by atoms with van der Waals surface area (Å²) in [4.78, 5) is 5.58. The molecule has 0 aromatic carbocycles. The van der Waals surface area contributed by atoms with Gasteiger partial charge in [-0.2, -0.15) is 5.26 Å². The van der Waals surface area contributed by atoms with Crippen molar-refractivity contribution >= 4 is 46.1 Å². The number of likely N-dealkylation sites (N-methyl/N-ethyl adjacent to an activating group) is 1. The predicted molar refractivity (Wildman–Crippen MR) is 89.5 cm³/mol. The topological polar surface area (TPSA) is 47.3 Å². The van der Waals surface area contributed by atoms with E-state index >= 15 is 0 Å². The van der Waals surface area contributed by atoms with E-state index in [-0.39, 0.29) is 6.61 Å². The van der Waals surface area contributed by atoms with Gasteiger partial charge in [-0.15, -0.1) is 22.7 Å². The molecular formula is C14H16N2OS2Si. The van der Waals surface area contributed by atoms with E-state index < -0.39 is 8.07 Å². The van der Waals surface area contributed by atoms with Crippen LogP contribution in [0.5, 0.6) is 0 Å². The van der Waals surface area contributed by atoms with Crippen molar-refractivity contribution in [2.75, 3.05) is 25.1 Å². The largest absolute Gasteiger partial charge is 0.395 e. The van der Waals surface area contributed by atoms with E-state index in [1.165, 1.54) is 25.1 Å². The third-order valence-corrected chi connectivity index (χ3v) is 10.2. The number of thiophene rings is 2. The van der Waals surface area contributed by atoms with Crippen LogP contribution >= 0.6 is 22.7 Å². The van der Waals surface area contributed by atoms with Crippen molar-refractivity contribution in [3.05, 3.63) is 17.0 Å². The molecule has 6 heteroatoms. The highest BCUT2D eigenvalue weighted by atomic mass is 32.1. The summed E-state index contributed by atoms with van der Waals surface area (Å²) in [6.07, 6.45) is 0. The van der Waals surface area contributed by atoms with Gasteiger partial charge in [0.25, 0.3) is 0 Å². The third-order valence-electron chi connectivity index (χ3n) is 3.93. The lowest BCUT2D eigenvalue weighted by molar-refractivity contribution is 0.304. The lowest BCUT2D eigenvalue weighted by Gasteiger charge is -2.18. The summed E-state index contributed by atoms with van der Waals surface area (Å²) in [5, 5.41) is 22.3. The van der Waals surface area contributed by atoms with Crippen LogP contribution in [0.25, 0.3) is 9.75 Å². The van der Waals surface area contributed by atoms with Gasteiger partial charge in [0.1, 0.15) is 19.0 Å². The molecule has 104 valence electrons. The molecule has 2 aromatic heterocycles. The molecule has 1 aliphatic heterocycles. The number of nitriles is 1. The normalized spacial score (nSPS) is 14.8. The molecule has 1 N–H and O–H groups in total. The van der Waals surface area contributed by atoms with Crippen molar-refractivity contribution in [2.45, 2.75) is 13.1 Å². The van der Waals surface area contributed by atoms with E-state index in [0.29, 0.717) is 6.54 Å². The van der Waals surface area contributed by atoms with Crippen LogP contribution in [0.1, 0.15) is 4.88 Å². The molecule has 1 aliphatic rings. The van der Waals surface area contributed by atoms with E-state index in [4.69, 9.17) is 10.4 Å². The van der Waals surface area contributed by atoms with Crippen LogP contribution in [-0.2, 0) is 0 Å². The lowest BCUT2D eigenvalue weighted by Crippen LogP contribution is -2.48. The van der Waals surface area contributed by atoms with Crippen LogP contribution in [0.3, 0.4) is 0 Å². The predicted octanol–water partition coefficient (Wildman–Crippen LogP) is 1.91. The number of fused-ring (bicyclic) bond motifs is 3. The maximum atomic E-state index is 9.12. The van der Waals surface area contributed by atoms with Gasteiger partial charge < -0.3 is 10.0 Å². The molecule has 0 spiro atoms. The van der Waals surface area contributed by atoms with Crippen molar-refractivity contribution in [1.29, 1.82) is 5.26 Å². The Morgan fingerprint density at radius 3 is 2.55 bits per heavy atom. The second kappa shape index (κ2) is 4.71. The Labute approximate surface area is 127 Å². The van der Waals surface area contributed by atoms with Crippen LogP contribution in [0, 0.1) is 11.3 Å². The summed E-state index contributed by atoms with van der Waals surface area (Å²) < 4.78 is 0. The van der Waals surface area contributed by atoms with E-state index in [1.54, 1.807) is 22.7 Å². The van der Waals surface area contributed by atoms with E-state index in [0.717, 1.165) is 4.88 Å². The molecule has 0 unspecified atom stereocenters. The van der Waals surface area contributed by atoms with Crippen LogP contribution in [-0.4, -0.2) is 33.4 Å². The Morgan fingerprint density at radius 1 is 1.25 bits per heavy atom. The van der Waals surface area contributed by atoms with Gasteiger partial charge in [-0.25, -0.2) is 0 Å². The van der Waals surface area contributed by atoms with Gasteiger partial charge in [-0.3, -0.25) is 0 Å². The molecule has 0 bridgehead atoms. The minimum absolute atomic E-state index is 0.169. The summed E-state index contributed by atoms with van der Waals surface area (Å²) in [5.41, 5.74) is 0. The molecule has 0 radical (unpaired) electrons. The van der Waals surface area contributed by atoms with Crippen LogP contribution in [0.15, 0.2) is 12.1 Å². The highest BCUT2D eigenvalue weighted by Gasteiger charge is 2.41. The van der Waals surface area contributed by atoms with Gasteiger partial charge in [0.05, 0.1) is 11.6 Å². The first-order valence-electron chi connectivity index (χ1n) is 6.50. The maximum absolute atomic E-state index is 9.12. The SMILES string of the molecule is CN(CCO)c1cc2c(s1)-c1sc(C#N)cc1[Si]2(C)C. The van der Waals surface area contributed by atoms with Crippen molar-refractivity contribution in [2.24, 2.45) is 0 Å². The minimum atomic E-state index is -1.64. The Morgan fingerprint density at radius 2 is 1.90 bits per heavy atom. The number of anilines is 1. The van der Waals surface area contributed by atoms with E-state index in [9.17, 15) is 0 Å². The summed E-state index contributed by atoms with van der Waals surface area (Å²) in [7, 11) is 0.371. The Bertz CT molecular complexity index is 711. The van der Waals surface area contributed by atoms with Crippen LogP contribution < -0.4 is 15.3 Å². The molecule has 0 saturated heterocycles. The molecular weight excluding hydrogens is 304 g/mol. The van der Waals surface area contributed by atoms with Crippen LogP contribution in [0.4, 0.5) is 5.00 Å². The first-order chi connectivity index (χ1) is 9.48. The third kappa shape index (κ3) is 1.85. The molecule has 0 fully saturated rings. The molecule has 3 heterocycles. The van der Waals surface area contributed by atoms with Gasteiger partial charge in [-0.1, -0.05) is 13.1 Å². The molecule has 0 aliphatic carbocycles. The highest BCUT2D eigenvalue weighted by Crippen LogP contribution is 2.41. The zero-order valence-corrected chi connectivity index (χ0v) is 14.4. The fourth-order valence-corrected chi connectivity index (χ4v) is 9.66. The molecule has 20 heavy (non-hydrogen) atoms. The summed E-state index contributed by atoms with van der Waals surface area (Å²) >= 11 is 3.41. The monoisotopic (exact) mass is 320 g/mol. The lowest BCUT2D eigenvalue weighted by atomic mass is 10.4. The Balaban J connectivity index is 2.12. The Hall–Kier alpha value is -1.13. The number of hydrogen-bond acceptors (Lipinski definition) is 5. The van der Waals surface area contributed by atoms with Crippen molar-refractivity contribution in [3.8, 4) is 15.8 Å². The smallest absolute Gasteiger partial charge is 0.116 e.